The maximum absolute atomic E-state index is 5.72. The monoisotopic (exact) mass is 342 g/mol. The highest BCUT2D eigenvalue weighted by Gasteiger charge is 2.20. The summed E-state index contributed by atoms with van der Waals surface area (Å²) >= 11 is 5.14. The van der Waals surface area contributed by atoms with E-state index in [1.54, 1.807) is 25.6 Å². The highest BCUT2D eigenvalue weighted by molar-refractivity contribution is 9.10. The standard InChI is InChI=1S/C13H15BrN2O2S/c1-17-8-3-4-12(18-2)9(5-8)13(16-15)10-6-19-7-11(10)14/h3-7,13,16H,15H2,1-2H3. The third-order valence-corrected chi connectivity index (χ3v) is 4.62. The van der Waals surface area contributed by atoms with Crippen molar-refractivity contribution in [3.8, 4) is 11.5 Å². The van der Waals surface area contributed by atoms with Crippen LogP contribution in [0.4, 0.5) is 0 Å². The van der Waals surface area contributed by atoms with Crippen molar-refractivity contribution in [1.82, 2.24) is 5.43 Å². The zero-order chi connectivity index (χ0) is 13.8. The number of hydrazine groups is 1. The summed E-state index contributed by atoms with van der Waals surface area (Å²) < 4.78 is 11.7. The van der Waals surface area contributed by atoms with Crippen molar-refractivity contribution in [3.63, 3.8) is 0 Å². The van der Waals surface area contributed by atoms with Crippen LogP contribution >= 0.6 is 27.3 Å². The minimum absolute atomic E-state index is 0.161. The van der Waals surface area contributed by atoms with Gasteiger partial charge in [0.25, 0.3) is 0 Å². The summed E-state index contributed by atoms with van der Waals surface area (Å²) in [6.07, 6.45) is 0. The summed E-state index contributed by atoms with van der Waals surface area (Å²) in [5.41, 5.74) is 4.83. The molecule has 0 aliphatic heterocycles. The van der Waals surface area contributed by atoms with Crippen LogP contribution in [0.2, 0.25) is 0 Å². The predicted molar refractivity (Wildman–Crippen MR) is 80.7 cm³/mol. The van der Waals surface area contributed by atoms with Crippen molar-refractivity contribution in [1.29, 1.82) is 0 Å². The van der Waals surface area contributed by atoms with Crippen LogP contribution in [0.15, 0.2) is 33.4 Å². The van der Waals surface area contributed by atoms with Crippen LogP contribution in [0.25, 0.3) is 0 Å². The Labute approximate surface area is 124 Å². The van der Waals surface area contributed by atoms with Gasteiger partial charge in [0.15, 0.2) is 0 Å². The molecule has 19 heavy (non-hydrogen) atoms. The molecular weight excluding hydrogens is 328 g/mol. The average Bonchev–Trinajstić information content (AvgIpc) is 2.86. The fourth-order valence-electron chi connectivity index (χ4n) is 1.91. The van der Waals surface area contributed by atoms with E-state index in [0.29, 0.717) is 0 Å². The number of halogens is 1. The van der Waals surface area contributed by atoms with Gasteiger partial charge in [-0.15, -0.1) is 0 Å². The molecule has 4 nitrogen and oxygen atoms in total. The van der Waals surface area contributed by atoms with Gasteiger partial charge in [-0.05, 0) is 45.1 Å². The van der Waals surface area contributed by atoms with E-state index in [1.807, 2.05) is 29.0 Å². The second kappa shape index (κ2) is 6.38. The lowest BCUT2D eigenvalue weighted by Gasteiger charge is -2.19. The SMILES string of the molecule is COc1ccc(OC)c(C(NN)c2cscc2Br)c1. The van der Waals surface area contributed by atoms with Crippen LogP contribution in [0.1, 0.15) is 17.2 Å². The van der Waals surface area contributed by atoms with E-state index in [0.717, 1.165) is 27.1 Å². The molecule has 0 fully saturated rings. The topological polar surface area (TPSA) is 56.5 Å². The molecule has 6 heteroatoms. The van der Waals surface area contributed by atoms with E-state index < -0.39 is 0 Å². The van der Waals surface area contributed by atoms with Gasteiger partial charge >= 0.3 is 0 Å². The molecular formula is C13H15BrN2O2S. The van der Waals surface area contributed by atoms with E-state index in [4.69, 9.17) is 15.3 Å². The molecule has 0 bridgehead atoms. The number of rotatable bonds is 5. The Morgan fingerprint density at radius 2 is 2.00 bits per heavy atom. The number of hydrogen-bond donors (Lipinski definition) is 2. The Kier molecular flexibility index (Phi) is 4.81. The van der Waals surface area contributed by atoms with E-state index in [9.17, 15) is 0 Å². The van der Waals surface area contributed by atoms with Gasteiger partial charge in [-0.1, -0.05) is 0 Å². The lowest BCUT2D eigenvalue weighted by Crippen LogP contribution is -2.29. The van der Waals surface area contributed by atoms with Crippen LogP contribution in [0, 0.1) is 0 Å². The van der Waals surface area contributed by atoms with Gasteiger partial charge < -0.3 is 9.47 Å². The third-order valence-electron chi connectivity index (χ3n) is 2.87. The molecule has 2 aromatic rings. The quantitative estimate of drug-likeness (QED) is 0.647. The Bertz CT molecular complexity index is 559. The number of benzene rings is 1. The van der Waals surface area contributed by atoms with E-state index in [-0.39, 0.29) is 6.04 Å². The van der Waals surface area contributed by atoms with Gasteiger partial charge in [-0.3, -0.25) is 5.84 Å². The number of methoxy groups -OCH3 is 2. The first-order valence-electron chi connectivity index (χ1n) is 5.61. The van der Waals surface area contributed by atoms with Gasteiger partial charge in [0.2, 0.25) is 0 Å². The Hall–Kier alpha value is -1.08. The maximum atomic E-state index is 5.72. The van der Waals surface area contributed by atoms with Crippen molar-refractivity contribution in [2.45, 2.75) is 6.04 Å². The highest BCUT2D eigenvalue weighted by Crippen LogP contribution is 2.36. The molecule has 1 unspecified atom stereocenters. The van der Waals surface area contributed by atoms with Gasteiger partial charge in [0, 0.05) is 15.4 Å². The molecule has 0 saturated carbocycles. The molecule has 0 aliphatic carbocycles. The van der Waals surface area contributed by atoms with Crippen molar-refractivity contribution in [3.05, 3.63) is 44.6 Å². The third kappa shape index (κ3) is 2.92. The fourth-order valence-corrected chi connectivity index (χ4v) is 3.46. The molecule has 1 aromatic carbocycles. The molecule has 0 saturated heterocycles. The summed E-state index contributed by atoms with van der Waals surface area (Å²) in [4.78, 5) is 0. The van der Waals surface area contributed by atoms with Crippen LogP contribution in [0.3, 0.4) is 0 Å². The maximum Gasteiger partial charge on any atom is 0.124 e. The minimum atomic E-state index is -0.161. The first-order valence-corrected chi connectivity index (χ1v) is 7.34. The smallest absolute Gasteiger partial charge is 0.124 e. The van der Waals surface area contributed by atoms with Gasteiger partial charge in [0.05, 0.1) is 20.3 Å². The highest BCUT2D eigenvalue weighted by atomic mass is 79.9. The molecule has 2 rings (SSSR count). The van der Waals surface area contributed by atoms with Crippen LogP contribution in [-0.2, 0) is 0 Å². The molecule has 0 radical (unpaired) electrons. The van der Waals surface area contributed by atoms with E-state index >= 15 is 0 Å². The lowest BCUT2D eigenvalue weighted by molar-refractivity contribution is 0.394. The normalized spacial score (nSPS) is 12.2. The van der Waals surface area contributed by atoms with Gasteiger partial charge in [-0.2, -0.15) is 11.3 Å². The lowest BCUT2D eigenvalue weighted by atomic mass is 10.0. The first-order chi connectivity index (χ1) is 9.21. The molecule has 1 aromatic heterocycles. The minimum Gasteiger partial charge on any atom is -0.497 e. The zero-order valence-electron chi connectivity index (χ0n) is 10.6. The Morgan fingerprint density at radius 1 is 1.21 bits per heavy atom. The largest absolute Gasteiger partial charge is 0.497 e. The number of nitrogens with one attached hydrogen (secondary N) is 1. The summed E-state index contributed by atoms with van der Waals surface area (Å²) in [6.45, 7) is 0. The Balaban J connectivity index is 2.51. The summed E-state index contributed by atoms with van der Waals surface area (Å²) in [5.74, 6) is 7.25. The van der Waals surface area contributed by atoms with Gasteiger partial charge in [0.1, 0.15) is 11.5 Å². The van der Waals surface area contributed by atoms with Crippen molar-refractivity contribution in [2.75, 3.05) is 14.2 Å². The van der Waals surface area contributed by atoms with Crippen molar-refractivity contribution < 1.29 is 9.47 Å². The second-order valence-corrected chi connectivity index (χ2v) is 5.48. The van der Waals surface area contributed by atoms with Crippen LogP contribution in [0.5, 0.6) is 11.5 Å². The molecule has 3 N–H and O–H groups in total. The molecule has 1 heterocycles. The van der Waals surface area contributed by atoms with Crippen LogP contribution in [-0.4, -0.2) is 14.2 Å². The predicted octanol–water partition coefficient (Wildman–Crippen LogP) is 3.08. The summed E-state index contributed by atoms with van der Waals surface area (Å²) in [7, 11) is 3.28. The van der Waals surface area contributed by atoms with Gasteiger partial charge in [-0.25, -0.2) is 5.43 Å². The number of hydrogen-bond acceptors (Lipinski definition) is 5. The average molecular weight is 343 g/mol. The molecule has 0 aliphatic rings. The summed E-state index contributed by atoms with van der Waals surface area (Å²) in [6, 6.07) is 5.50. The van der Waals surface area contributed by atoms with Crippen LogP contribution < -0.4 is 20.7 Å². The first kappa shape index (κ1) is 14.3. The fraction of sp³-hybridized carbons (Fsp3) is 0.231. The van der Waals surface area contributed by atoms with E-state index in [2.05, 4.69) is 21.4 Å². The van der Waals surface area contributed by atoms with Crippen molar-refractivity contribution >= 4 is 27.3 Å². The molecule has 102 valence electrons. The van der Waals surface area contributed by atoms with Crippen molar-refractivity contribution in [2.24, 2.45) is 5.84 Å². The molecule has 0 amide bonds. The van der Waals surface area contributed by atoms with E-state index in [1.165, 1.54) is 0 Å². The summed E-state index contributed by atoms with van der Waals surface area (Å²) in [5, 5.41) is 4.07. The number of ether oxygens (including phenoxy) is 2. The number of nitrogens with two attached hydrogens (primary N) is 1. The second-order valence-electron chi connectivity index (χ2n) is 3.88. The Morgan fingerprint density at radius 3 is 2.53 bits per heavy atom. The molecule has 0 spiro atoms. The number of thiophene rings is 1. The zero-order valence-corrected chi connectivity index (χ0v) is 13.0. The molecule has 1 atom stereocenters.